The van der Waals surface area contributed by atoms with Gasteiger partial charge in [-0.15, -0.1) is 0 Å². The third-order valence-corrected chi connectivity index (χ3v) is 4.10. The van der Waals surface area contributed by atoms with Crippen molar-refractivity contribution in [2.75, 3.05) is 20.7 Å². The van der Waals surface area contributed by atoms with Gasteiger partial charge in [0.25, 0.3) is 0 Å². The van der Waals surface area contributed by atoms with Gasteiger partial charge < -0.3 is 14.5 Å². The number of nitrogens with zero attached hydrogens (tertiary/aromatic N) is 2. The molecule has 2 fully saturated rings. The van der Waals surface area contributed by atoms with Crippen molar-refractivity contribution >= 4 is 5.71 Å². The minimum atomic E-state index is -0.620. The van der Waals surface area contributed by atoms with Gasteiger partial charge >= 0.3 is 0 Å². The normalized spacial score (nSPS) is 32.8. The van der Waals surface area contributed by atoms with Crippen LogP contribution in [0.1, 0.15) is 39.5 Å². The molecule has 0 radical (unpaired) electrons. The van der Waals surface area contributed by atoms with Gasteiger partial charge in [0.1, 0.15) is 0 Å². The maximum Gasteiger partial charge on any atom is 0.230 e. The van der Waals surface area contributed by atoms with Gasteiger partial charge in [-0.25, -0.2) is 0 Å². The molecule has 2 unspecified atom stereocenters. The molecule has 98 valence electrons. The Labute approximate surface area is 104 Å². The van der Waals surface area contributed by atoms with Crippen LogP contribution in [0.5, 0.6) is 0 Å². The maximum atomic E-state index is 5.45. The van der Waals surface area contributed by atoms with E-state index in [1.54, 1.807) is 7.11 Å². The second kappa shape index (κ2) is 4.94. The highest BCUT2D eigenvalue weighted by Gasteiger charge is 2.36. The number of methoxy groups -OCH3 is 1. The minimum Gasteiger partial charge on any atom is -0.361 e. The van der Waals surface area contributed by atoms with E-state index in [2.05, 4.69) is 17.1 Å². The molecule has 0 spiro atoms. The smallest absolute Gasteiger partial charge is 0.230 e. The van der Waals surface area contributed by atoms with Crippen LogP contribution in [0.4, 0.5) is 0 Å². The fraction of sp³-hybridized carbons (Fsp3) is 0.923. The largest absolute Gasteiger partial charge is 0.361 e. The highest BCUT2D eigenvalue weighted by atomic mass is 16.8. The van der Waals surface area contributed by atoms with Crippen molar-refractivity contribution in [3.8, 4) is 0 Å². The average molecular weight is 240 g/mol. The minimum absolute atomic E-state index is 0.620. The Hall–Kier alpha value is -0.610. The molecular weight excluding hydrogens is 216 g/mol. The molecule has 0 bridgehead atoms. The molecule has 4 nitrogen and oxygen atoms in total. The first-order valence-electron chi connectivity index (χ1n) is 6.51. The highest BCUT2D eigenvalue weighted by Crippen LogP contribution is 2.34. The van der Waals surface area contributed by atoms with Crippen molar-refractivity contribution in [3.05, 3.63) is 0 Å². The second-order valence-corrected chi connectivity index (χ2v) is 5.69. The molecule has 0 N–H and O–H groups in total. The number of fused-ring (bicyclic) bond motifs is 1. The summed E-state index contributed by atoms with van der Waals surface area (Å²) in [7, 11) is 3.86. The van der Waals surface area contributed by atoms with Crippen molar-refractivity contribution in [2.45, 2.75) is 51.4 Å². The fourth-order valence-corrected chi connectivity index (χ4v) is 2.74. The maximum absolute atomic E-state index is 5.45. The van der Waals surface area contributed by atoms with Crippen LogP contribution in [0.2, 0.25) is 0 Å². The molecule has 2 aliphatic rings. The van der Waals surface area contributed by atoms with Gasteiger partial charge in [-0.2, -0.15) is 0 Å². The lowest BCUT2D eigenvalue weighted by molar-refractivity contribution is -0.197. The molecule has 0 aromatic carbocycles. The third kappa shape index (κ3) is 2.99. The molecule has 1 aliphatic heterocycles. The van der Waals surface area contributed by atoms with E-state index in [1.165, 1.54) is 25.1 Å². The summed E-state index contributed by atoms with van der Waals surface area (Å²) in [6.45, 7) is 4.99. The monoisotopic (exact) mass is 240 g/mol. The molecule has 2 atom stereocenters. The topological polar surface area (TPSA) is 34.1 Å². The molecule has 4 heteroatoms. The van der Waals surface area contributed by atoms with Crippen molar-refractivity contribution in [3.63, 3.8) is 0 Å². The quantitative estimate of drug-likeness (QED) is 0.560. The van der Waals surface area contributed by atoms with E-state index < -0.39 is 5.79 Å². The van der Waals surface area contributed by atoms with Crippen LogP contribution in [0, 0.1) is 5.92 Å². The molecular formula is C13H24N2O2. The summed E-state index contributed by atoms with van der Waals surface area (Å²) in [5.74, 6) is 0.250. The second-order valence-electron chi connectivity index (χ2n) is 5.69. The summed E-state index contributed by atoms with van der Waals surface area (Å²) in [5, 5.41) is 4.29. The molecule has 1 aliphatic carbocycles. The van der Waals surface area contributed by atoms with E-state index in [1.807, 2.05) is 13.8 Å². The zero-order chi connectivity index (χ0) is 12.5. The SMILES string of the molecule is COC(C)(C)O/N=C1\CCC2CCN(C)C2C1. The summed E-state index contributed by atoms with van der Waals surface area (Å²) in [6, 6.07) is 0.678. The molecule has 0 aromatic heterocycles. The van der Waals surface area contributed by atoms with E-state index in [0.717, 1.165) is 18.8 Å². The van der Waals surface area contributed by atoms with E-state index >= 15 is 0 Å². The lowest BCUT2D eigenvalue weighted by atomic mass is 9.84. The Morgan fingerprint density at radius 2 is 2.12 bits per heavy atom. The zero-order valence-corrected chi connectivity index (χ0v) is 11.4. The third-order valence-electron chi connectivity index (χ3n) is 4.10. The van der Waals surface area contributed by atoms with Gasteiger partial charge in [0, 0.05) is 33.4 Å². The van der Waals surface area contributed by atoms with Crippen molar-refractivity contribution in [1.82, 2.24) is 4.90 Å². The summed E-state index contributed by atoms with van der Waals surface area (Å²) in [6.07, 6.45) is 4.74. The number of hydrogen-bond acceptors (Lipinski definition) is 4. The Morgan fingerprint density at radius 1 is 1.35 bits per heavy atom. The molecule has 1 saturated heterocycles. The van der Waals surface area contributed by atoms with E-state index in [9.17, 15) is 0 Å². The molecule has 0 aromatic rings. The number of likely N-dealkylation sites (tertiary alicyclic amines) is 1. The Bertz CT molecular complexity index is 302. The van der Waals surface area contributed by atoms with Gasteiger partial charge in [-0.05, 0) is 38.8 Å². The first kappa shape index (κ1) is 12.8. The predicted molar refractivity (Wildman–Crippen MR) is 68.0 cm³/mol. The van der Waals surface area contributed by atoms with Crippen molar-refractivity contribution < 1.29 is 9.57 Å². The van der Waals surface area contributed by atoms with Gasteiger partial charge in [0.15, 0.2) is 0 Å². The van der Waals surface area contributed by atoms with E-state index in [0.29, 0.717) is 6.04 Å². The van der Waals surface area contributed by atoms with Crippen LogP contribution in [0.3, 0.4) is 0 Å². The van der Waals surface area contributed by atoms with Gasteiger partial charge in [0.05, 0.1) is 5.71 Å². The number of oxime groups is 1. The van der Waals surface area contributed by atoms with Crippen LogP contribution < -0.4 is 0 Å². The van der Waals surface area contributed by atoms with Crippen LogP contribution in [0.25, 0.3) is 0 Å². The zero-order valence-electron chi connectivity index (χ0n) is 11.4. The number of rotatable bonds is 3. The molecule has 1 saturated carbocycles. The standard InChI is InChI=1S/C13H24N2O2/c1-13(2,16-4)17-14-11-6-5-10-7-8-15(3)12(10)9-11/h10,12H,5-9H2,1-4H3/b14-11+. The Kier molecular flexibility index (Phi) is 3.73. The fourth-order valence-electron chi connectivity index (χ4n) is 2.74. The first-order chi connectivity index (χ1) is 8.02. The van der Waals surface area contributed by atoms with Gasteiger partial charge in [-0.3, -0.25) is 0 Å². The summed E-state index contributed by atoms with van der Waals surface area (Å²) < 4.78 is 5.20. The summed E-state index contributed by atoms with van der Waals surface area (Å²) in [5.41, 5.74) is 1.19. The van der Waals surface area contributed by atoms with E-state index in [-0.39, 0.29) is 0 Å². The first-order valence-corrected chi connectivity index (χ1v) is 6.51. The van der Waals surface area contributed by atoms with Crippen LogP contribution in [-0.2, 0) is 9.57 Å². The lowest BCUT2D eigenvalue weighted by Gasteiger charge is -2.30. The lowest BCUT2D eigenvalue weighted by Crippen LogP contribution is -2.35. The van der Waals surface area contributed by atoms with Crippen molar-refractivity contribution in [2.24, 2.45) is 11.1 Å². The van der Waals surface area contributed by atoms with Gasteiger partial charge in [0.2, 0.25) is 5.79 Å². The van der Waals surface area contributed by atoms with Crippen LogP contribution >= 0.6 is 0 Å². The average Bonchev–Trinajstić information content (AvgIpc) is 2.69. The Morgan fingerprint density at radius 3 is 2.82 bits per heavy atom. The highest BCUT2D eigenvalue weighted by molar-refractivity contribution is 5.85. The Balaban J connectivity index is 1.93. The molecule has 2 rings (SSSR count). The van der Waals surface area contributed by atoms with E-state index in [4.69, 9.17) is 9.57 Å². The predicted octanol–water partition coefficient (Wildman–Crippen LogP) is 2.25. The molecule has 1 heterocycles. The van der Waals surface area contributed by atoms with Crippen LogP contribution in [-0.4, -0.2) is 43.1 Å². The van der Waals surface area contributed by atoms with Crippen LogP contribution in [0.15, 0.2) is 5.16 Å². The molecule has 17 heavy (non-hydrogen) atoms. The molecule has 0 amide bonds. The number of hydrogen-bond donors (Lipinski definition) is 0. The summed E-state index contributed by atoms with van der Waals surface area (Å²) >= 11 is 0. The van der Waals surface area contributed by atoms with Gasteiger partial charge in [-0.1, -0.05) is 5.16 Å². The number of ether oxygens (including phenoxy) is 1. The van der Waals surface area contributed by atoms with Crippen molar-refractivity contribution in [1.29, 1.82) is 0 Å². The summed E-state index contributed by atoms with van der Waals surface area (Å²) in [4.78, 5) is 7.91.